The van der Waals surface area contributed by atoms with Gasteiger partial charge in [0.15, 0.2) is 11.5 Å². The molecule has 3 N–H and O–H groups in total. The molecule has 1 aliphatic rings. The van der Waals surface area contributed by atoms with Crippen LogP contribution in [-0.2, 0) is 0 Å². The SMILES string of the molecule is NC(=S)c1ccc(Nc2ccc3c(c2)OCCO3)c(Br)c1. The third-order valence-electron chi connectivity index (χ3n) is 3.07. The van der Waals surface area contributed by atoms with Gasteiger partial charge in [0.2, 0.25) is 0 Å². The van der Waals surface area contributed by atoms with Crippen LogP contribution in [0.3, 0.4) is 0 Å². The average molecular weight is 365 g/mol. The van der Waals surface area contributed by atoms with Gasteiger partial charge in [-0.3, -0.25) is 0 Å². The molecule has 0 saturated heterocycles. The smallest absolute Gasteiger partial charge is 0.163 e. The topological polar surface area (TPSA) is 56.5 Å². The first-order chi connectivity index (χ1) is 10.1. The maximum Gasteiger partial charge on any atom is 0.163 e. The summed E-state index contributed by atoms with van der Waals surface area (Å²) in [4.78, 5) is 0.376. The van der Waals surface area contributed by atoms with Gasteiger partial charge in [0.25, 0.3) is 0 Å². The molecule has 0 aromatic heterocycles. The summed E-state index contributed by atoms with van der Waals surface area (Å²) in [6, 6.07) is 11.5. The lowest BCUT2D eigenvalue weighted by Gasteiger charge is -2.19. The lowest BCUT2D eigenvalue weighted by Crippen LogP contribution is -2.15. The normalized spacial score (nSPS) is 12.8. The molecular formula is C15H13BrN2O2S. The van der Waals surface area contributed by atoms with Crippen molar-refractivity contribution in [2.75, 3.05) is 18.5 Å². The molecule has 0 spiro atoms. The van der Waals surface area contributed by atoms with Crippen molar-refractivity contribution >= 4 is 44.5 Å². The zero-order chi connectivity index (χ0) is 14.8. The fraction of sp³-hybridized carbons (Fsp3) is 0.133. The highest BCUT2D eigenvalue weighted by Gasteiger charge is 2.12. The first kappa shape index (κ1) is 14.2. The van der Waals surface area contributed by atoms with E-state index >= 15 is 0 Å². The number of hydrogen-bond donors (Lipinski definition) is 2. The van der Waals surface area contributed by atoms with E-state index in [0.717, 1.165) is 32.9 Å². The number of rotatable bonds is 3. The maximum atomic E-state index is 5.62. The zero-order valence-corrected chi connectivity index (χ0v) is 13.5. The Morgan fingerprint density at radius 1 is 1.10 bits per heavy atom. The van der Waals surface area contributed by atoms with Crippen molar-refractivity contribution in [3.05, 3.63) is 46.4 Å². The molecular weight excluding hydrogens is 352 g/mol. The first-order valence-electron chi connectivity index (χ1n) is 6.39. The Morgan fingerprint density at radius 3 is 2.57 bits per heavy atom. The van der Waals surface area contributed by atoms with Crippen molar-refractivity contribution in [1.29, 1.82) is 0 Å². The number of halogens is 1. The Kier molecular flexibility index (Phi) is 3.98. The van der Waals surface area contributed by atoms with E-state index in [-0.39, 0.29) is 0 Å². The number of nitrogens with one attached hydrogen (secondary N) is 1. The largest absolute Gasteiger partial charge is 0.486 e. The van der Waals surface area contributed by atoms with E-state index in [1.165, 1.54) is 0 Å². The minimum Gasteiger partial charge on any atom is -0.486 e. The molecule has 2 aromatic carbocycles. The summed E-state index contributed by atoms with van der Waals surface area (Å²) in [7, 11) is 0. The number of thiocarbonyl (C=S) groups is 1. The Hall–Kier alpha value is -1.79. The predicted molar refractivity (Wildman–Crippen MR) is 90.7 cm³/mol. The van der Waals surface area contributed by atoms with Crippen LogP contribution in [0.5, 0.6) is 11.5 Å². The second-order valence-corrected chi connectivity index (χ2v) is 5.84. The molecule has 108 valence electrons. The summed E-state index contributed by atoms with van der Waals surface area (Å²) in [5.41, 5.74) is 8.29. The van der Waals surface area contributed by atoms with E-state index in [4.69, 9.17) is 27.4 Å². The van der Waals surface area contributed by atoms with Gasteiger partial charge in [-0.25, -0.2) is 0 Å². The van der Waals surface area contributed by atoms with Crippen molar-refractivity contribution in [3.63, 3.8) is 0 Å². The Balaban J connectivity index is 1.85. The third-order valence-corrected chi connectivity index (χ3v) is 3.97. The van der Waals surface area contributed by atoms with Gasteiger partial charge in [0, 0.05) is 21.8 Å². The third kappa shape index (κ3) is 3.11. The van der Waals surface area contributed by atoms with Crippen LogP contribution in [0.15, 0.2) is 40.9 Å². The van der Waals surface area contributed by atoms with Crippen LogP contribution in [-0.4, -0.2) is 18.2 Å². The number of benzene rings is 2. The van der Waals surface area contributed by atoms with Crippen LogP contribution in [0.25, 0.3) is 0 Å². The fourth-order valence-corrected chi connectivity index (χ4v) is 2.65. The molecule has 0 saturated carbocycles. The molecule has 2 aromatic rings. The van der Waals surface area contributed by atoms with Gasteiger partial charge in [-0.15, -0.1) is 0 Å². The Labute approximate surface area is 136 Å². The summed E-state index contributed by atoms with van der Waals surface area (Å²) < 4.78 is 12.0. The van der Waals surface area contributed by atoms with Crippen LogP contribution in [0.2, 0.25) is 0 Å². The molecule has 0 unspecified atom stereocenters. The van der Waals surface area contributed by atoms with Gasteiger partial charge in [0.05, 0.1) is 5.69 Å². The number of nitrogens with two attached hydrogens (primary N) is 1. The highest BCUT2D eigenvalue weighted by molar-refractivity contribution is 9.10. The number of ether oxygens (including phenoxy) is 2. The van der Waals surface area contributed by atoms with Crippen molar-refractivity contribution in [1.82, 2.24) is 0 Å². The second-order valence-electron chi connectivity index (χ2n) is 4.54. The van der Waals surface area contributed by atoms with Crippen LogP contribution in [0.1, 0.15) is 5.56 Å². The lowest BCUT2D eigenvalue weighted by atomic mass is 10.2. The zero-order valence-electron chi connectivity index (χ0n) is 11.1. The standard InChI is InChI=1S/C15H13BrN2O2S/c16-11-7-9(15(17)21)1-3-12(11)18-10-2-4-13-14(8-10)20-6-5-19-13/h1-4,7-8,18H,5-6H2,(H2,17,21). The predicted octanol–water partition coefficient (Wildman–Crippen LogP) is 3.60. The van der Waals surface area contributed by atoms with E-state index in [9.17, 15) is 0 Å². The van der Waals surface area contributed by atoms with Crippen molar-refractivity contribution < 1.29 is 9.47 Å². The lowest BCUT2D eigenvalue weighted by molar-refractivity contribution is 0.171. The van der Waals surface area contributed by atoms with Crippen LogP contribution in [0.4, 0.5) is 11.4 Å². The van der Waals surface area contributed by atoms with Crippen LogP contribution < -0.4 is 20.5 Å². The van der Waals surface area contributed by atoms with E-state index in [1.807, 2.05) is 36.4 Å². The minimum atomic E-state index is 0.376. The molecule has 1 aliphatic heterocycles. The molecule has 0 atom stereocenters. The van der Waals surface area contributed by atoms with Gasteiger partial charge in [-0.1, -0.05) is 12.2 Å². The minimum absolute atomic E-state index is 0.376. The first-order valence-corrected chi connectivity index (χ1v) is 7.59. The summed E-state index contributed by atoms with van der Waals surface area (Å²) in [6.45, 7) is 1.16. The fourth-order valence-electron chi connectivity index (χ4n) is 2.05. The molecule has 0 amide bonds. The van der Waals surface area contributed by atoms with Crippen molar-refractivity contribution in [2.45, 2.75) is 0 Å². The average Bonchev–Trinajstić information content (AvgIpc) is 2.49. The summed E-state index contributed by atoms with van der Waals surface area (Å²) >= 11 is 8.48. The Bertz CT molecular complexity index is 706. The van der Waals surface area contributed by atoms with Gasteiger partial charge < -0.3 is 20.5 Å². The van der Waals surface area contributed by atoms with E-state index in [2.05, 4.69) is 21.2 Å². The molecule has 0 fully saturated rings. The number of hydrogen-bond acceptors (Lipinski definition) is 4. The number of anilines is 2. The quantitative estimate of drug-likeness (QED) is 0.814. The molecule has 6 heteroatoms. The molecule has 3 rings (SSSR count). The molecule has 0 radical (unpaired) electrons. The van der Waals surface area contributed by atoms with Crippen molar-refractivity contribution in [3.8, 4) is 11.5 Å². The number of fused-ring (bicyclic) bond motifs is 1. The summed E-state index contributed by atoms with van der Waals surface area (Å²) in [6.07, 6.45) is 0. The van der Waals surface area contributed by atoms with Crippen molar-refractivity contribution in [2.24, 2.45) is 5.73 Å². The van der Waals surface area contributed by atoms with E-state index in [1.54, 1.807) is 0 Å². The van der Waals surface area contributed by atoms with Crippen LogP contribution in [0, 0.1) is 0 Å². The summed E-state index contributed by atoms with van der Waals surface area (Å²) in [5.74, 6) is 1.52. The maximum absolute atomic E-state index is 5.62. The van der Waals surface area contributed by atoms with Crippen LogP contribution >= 0.6 is 28.1 Å². The Morgan fingerprint density at radius 2 is 1.86 bits per heavy atom. The molecule has 0 bridgehead atoms. The van der Waals surface area contributed by atoms with Gasteiger partial charge in [-0.2, -0.15) is 0 Å². The van der Waals surface area contributed by atoms with Gasteiger partial charge >= 0.3 is 0 Å². The molecule has 1 heterocycles. The van der Waals surface area contributed by atoms with Gasteiger partial charge in [-0.05, 0) is 46.3 Å². The summed E-state index contributed by atoms with van der Waals surface area (Å²) in [5, 5.41) is 3.32. The van der Waals surface area contributed by atoms with Gasteiger partial charge in [0.1, 0.15) is 18.2 Å². The molecule has 21 heavy (non-hydrogen) atoms. The highest BCUT2D eigenvalue weighted by atomic mass is 79.9. The molecule has 0 aliphatic carbocycles. The van der Waals surface area contributed by atoms with E-state index in [0.29, 0.717) is 18.2 Å². The second kappa shape index (κ2) is 5.91. The highest BCUT2D eigenvalue weighted by Crippen LogP contribution is 2.35. The molecule has 4 nitrogen and oxygen atoms in total. The monoisotopic (exact) mass is 364 g/mol. The van der Waals surface area contributed by atoms with E-state index < -0.39 is 0 Å².